The van der Waals surface area contributed by atoms with Crippen molar-refractivity contribution in [1.82, 2.24) is 10.3 Å². The Morgan fingerprint density at radius 1 is 1.29 bits per heavy atom. The van der Waals surface area contributed by atoms with E-state index in [1.807, 2.05) is 0 Å². The Labute approximate surface area is 114 Å². The summed E-state index contributed by atoms with van der Waals surface area (Å²) in [5.41, 5.74) is 1.08. The van der Waals surface area contributed by atoms with Crippen molar-refractivity contribution in [2.75, 3.05) is 0 Å². The van der Waals surface area contributed by atoms with Gasteiger partial charge < -0.3 is 9.73 Å². The molecule has 17 heavy (non-hydrogen) atoms. The van der Waals surface area contributed by atoms with Gasteiger partial charge >= 0.3 is 0 Å². The molecule has 1 aromatic heterocycles. The number of halogens is 1. The van der Waals surface area contributed by atoms with Gasteiger partial charge in [0.15, 0.2) is 5.76 Å². The molecule has 1 heterocycles. The molecule has 0 amide bonds. The molecule has 1 N–H and O–H groups in total. The largest absolute Gasteiger partial charge is 0.439 e. The molecular formula is C13H13IN2O. The number of rotatable bonds is 4. The third-order valence-electron chi connectivity index (χ3n) is 2.80. The van der Waals surface area contributed by atoms with Gasteiger partial charge in [0, 0.05) is 15.2 Å². The maximum Gasteiger partial charge on any atom is 0.208 e. The van der Waals surface area contributed by atoms with Gasteiger partial charge in [0.2, 0.25) is 5.89 Å². The standard InChI is InChI=1S/C13H13IN2O/c14-10-3-1-9(2-4-10)12-7-16-13(17-12)8-15-11-5-6-11/h1-4,7,11,15H,5-6,8H2. The van der Waals surface area contributed by atoms with Gasteiger partial charge in [-0.3, -0.25) is 0 Å². The zero-order chi connectivity index (χ0) is 11.7. The molecule has 4 heteroatoms. The third kappa shape index (κ3) is 2.87. The van der Waals surface area contributed by atoms with Crippen molar-refractivity contribution < 1.29 is 4.42 Å². The lowest BCUT2D eigenvalue weighted by molar-refractivity contribution is 0.476. The van der Waals surface area contributed by atoms with Crippen LogP contribution in [0.2, 0.25) is 0 Å². The van der Waals surface area contributed by atoms with E-state index in [-0.39, 0.29) is 0 Å². The van der Waals surface area contributed by atoms with E-state index in [0.29, 0.717) is 6.04 Å². The summed E-state index contributed by atoms with van der Waals surface area (Å²) < 4.78 is 6.94. The first-order chi connectivity index (χ1) is 8.31. The number of nitrogens with zero attached hydrogens (tertiary/aromatic N) is 1. The summed E-state index contributed by atoms with van der Waals surface area (Å²) in [6, 6.07) is 8.94. The molecular weight excluding hydrogens is 327 g/mol. The lowest BCUT2D eigenvalue weighted by Crippen LogP contribution is -2.15. The minimum absolute atomic E-state index is 0.684. The van der Waals surface area contributed by atoms with E-state index in [1.54, 1.807) is 6.20 Å². The van der Waals surface area contributed by atoms with Gasteiger partial charge in [-0.25, -0.2) is 4.98 Å². The van der Waals surface area contributed by atoms with Gasteiger partial charge in [0.25, 0.3) is 0 Å². The first-order valence-electron chi connectivity index (χ1n) is 5.75. The van der Waals surface area contributed by atoms with Crippen LogP contribution in [0.4, 0.5) is 0 Å². The molecule has 1 aromatic carbocycles. The van der Waals surface area contributed by atoms with Crippen LogP contribution in [0.1, 0.15) is 18.7 Å². The smallest absolute Gasteiger partial charge is 0.208 e. The van der Waals surface area contributed by atoms with Crippen molar-refractivity contribution in [3.63, 3.8) is 0 Å². The highest BCUT2D eigenvalue weighted by Crippen LogP contribution is 2.22. The van der Waals surface area contributed by atoms with Crippen molar-refractivity contribution in [1.29, 1.82) is 0 Å². The SMILES string of the molecule is Ic1ccc(-c2cnc(CNC3CC3)o2)cc1. The Balaban J connectivity index is 1.72. The number of nitrogens with one attached hydrogen (secondary N) is 1. The highest BCUT2D eigenvalue weighted by atomic mass is 127. The monoisotopic (exact) mass is 340 g/mol. The molecule has 0 unspecified atom stereocenters. The number of hydrogen-bond acceptors (Lipinski definition) is 3. The van der Waals surface area contributed by atoms with Gasteiger partial charge in [-0.2, -0.15) is 0 Å². The summed E-state index contributed by atoms with van der Waals surface area (Å²) in [6.07, 6.45) is 4.36. The summed E-state index contributed by atoms with van der Waals surface area (Å²) in [6.45, 7) is 0.731. The van der Waals surface area contributed by atoms with Crippen LogP contribution in [0.15, 0.2) is 34.9 Å². The predicted molar refractivity (Wildman–Crippen MR) is 74.5 cm³/mol. The van der Waals surface area contributed by atoms with Crippen LogP contribution in [-0.4, -0.2) is 11.0 Å². The molecule has 88 valence electrons. The van der Waals surface area contributed by atoms with Crippen LogP contribution >= 0.6 is 22.6 Å². The van der Waals surface area contributed by atoms with E-state index >= 15 is 0 Å². The first kappa shape index (κ1) is 11.2. The van der Waals surface area contributed by atoms with Gasteiger partial charge in [-0.1, -0.05) is 12.1 Å². The van der Waals surface area contributed by atoms with Crippen molar-refractivity contribution in [3.8, 4) is 11.3 Å². The average molecular weight is 340 g/mol. The fourth-order valence-corrected chi connectivity index (χ4v) is 2.02. The summed E-state index contributed by atoms with van der Waals surface area (Å²) in [5, 5.41) is 3.39. The van der Waals surface area contributed by atoms with Crippen LogP contribution in [0.5, 0.6) is 0 Å². The van der Waals surface area contributed by atoms with Crippen molar-refractivity contribution >= 4 is 22.6 Å². The summed E-state index contributed by atoms with van der Waals surface area (Å²) in [4.78, 5) is 4.28. The molecule has 3 nitrogen and oxygen atoms in total. The second kappa shape index (κ2) is 4.78. The number of hydrogen-bond donors (Lipinski definition) is 1. The Morgan fingerprint density at radius 2 is 2.06 bits per heavy atom. The quantitative estimate of drug-likeness (QED) is 0.869. The van der Waals surface area contributed by atoms with Crippen LogP contribution in [-0.2, 0) is 6.54 Å². The molecule has 1 aliphatic carbocycles. The summed E-state index contributed by atoms with van der Waals surface area (Å²) in [5.74, 6) is 1.61. The fraction of sp³-hybridized carbons (Fsp3) is 0.308. The lowest BCUT2D eigenvalue weighted by Gasteiger charge is -1.98. The van der Waals surface area contributed by atoms with Gasteiger partial charge in [0.1, 0.15) is 0 Å². The molecule has 1 fully saturated rings. The molecule has 0 spiro atoms. The van der Waals surface area contributed by atoms with Crippen LogP contribution in [0, 0.1) is 3.57 Å². The summed E-state index contributed by atoms with van der Waals surface area (Å²) >= 11 is 2.29. The highest BCUT2D eigenvalue weighted by molar-refractivity contribution is 14.1. The van der Waals surface area contributed by atoms with Crippen molar-refractivity contribution in [2.45, 2.75) is 25.4 Å². The van der Waals surface area contributed by atoms with Crippen LogP contribution in [0.3, 0.4) is 0 Å². The van der Waals surface area contributed by atoms with E-state index in [0.717, 1.165) is 23.8 Å². The minimum atomic E-state index is 0.684. The van der Waals surface area contributed by atoms with Gasteiger partial charge in [0.05, 0.1) is 12.7 Å². The zero-order valence-electron chi connectivity index (χ0n) is 9.32. The fourth-order valence-electron chi connectivity index (χ4n) is 1.66. The molecule has 3 rings (SSSR count). The Bertz CT molecular complexity index is 502. The first-order valence-corrected chi connectivity index (χ1v) is 6.83. The molecule has 1 aliphatic rings. The second-order valence-corrected chi connectivity index (χ2v) is 5.53. The Kier molecular flexibility index (Phi) is 3.15. The molecule has 0 bridgehead atoms. The maximum atomic E-state index is 5.71. The number of oxazole rings is 1. The average Bonchev–Trinajstić information content (AvgIpc) is 3.06. The molecule has 2 aromatic rings. The molecule has 0 saturated heterocycles. The highest BCUT2D eigenvalue weighted by Gasteiger charge is 2.20. The number of aromatic nitrogens is 1. The van der Waals surface area contributed by atoms with E-state index in [4.69, 9.17) is 4.42 Å². The van der Waals surface area contributed by atoms with Crippen LogP contribution < -0.4 is 5.32 Å². The van der Waals surface area contributed by atoms with E-state index in [9.17, 15) is 0 Å². The number of benzene rings is 1. The zero-order valence-corrected chi connectivity index (χ0v) is 11.5. The van der Waals surface area contributed by atoms with E-state index in [2.05, 4.69) is 57.2 Å². The van der Waals surface area contributed by atoms with Crippen LogP contribution in [0.25, 0.3) is 11.3 Å². The molecule has 0 aliphatic heterocycles. The second-order valence-electron chi connectivity index (χ2n) is 4.28. The van der Waals surface area contributed by atoms with E-state index in [1.165, 1.54) is 16.4 Å². The third-order valence-corrected chi connectivity index (χ3v) is 3.52. The molecule has 0 radical (unpaired) electrons. The normalized spacial score (nSPS) is 15.1. The minimum Gasteiger partial charge on any atom is -0.439 e. The van der Waals surface area contributed by atoms with E-state index < -0.39 is 0 Å². The van der Waals surface area contributed by atoms with Gasteiger partial charge in [-0.05, 0) is 47.6 Å². The van der Waals surface area contributed by atoms with Crippen molar-refractivity contribution in [2.24, 2.45) is 0 Å². The molecule has 0 atom stereocenters. The molecule has 1 saturated carbocycles. The van der Waals surface area contributed by atoms with Crippen molar-refractivity contribution in [3.05, 3.63) is 39.9 Å². The topological polar surface area (TPSA) is 38.1 Å². The lowest BCUT2D eigenvalue weighted by atomic mass is 10.2. The maximum absolute atomic E-state index is 5.71. The predicted octanol–water partition coefficient (Wildman–Crippen LogP) is 3.20. The van der Waals surface area contributed by atoms with Gasteiger partial charge in [-0.15, -0.1) is 0 Å². The Morgan fingerprint density at radius 3 is 2.76 bits per heavy atom. The summed E-state index contributed by atoms with van der Waals surface area (Å²) in [7, 11) is 0. The Hall–Kier alpha value is -0.880.